The highest BCUT2D eigenvalue weighted by Crippen LogP contribution is 2.16. The number of piperazine rings is 1. The molecule has 0 atom stereocenters. The molecule has 122 valence electrons. The Morgan fingerprint density at radius 1 is 1.04 bits per heavy atom. The third kappa shape index (κ3) is 3.42. The lowest BCUT2D eigenvalue weighted by atomic mass is 10.3. The maximum absolute atomic E-state index is 12.4. The van der Waals surface area contributed by atoms with E-state index in [9.17, 15) is 14.4 Å². The van der Waals surface area contributed by atoms with Crippen LogP contribution < -0.4 is 5.56 Å². The van der Waals surface area contributed by atoms with E-state index in [1.54, 1.807) is 15.9 Å². The number of fused-ring (bicyclic) bond motifs is 1. The fourth-order valence-corrected chi connectivity index (χ4v) is 4.10. The highest BCUT2D eigenvalue weighted by molar-refractivity contribution is 14.1. The minimum absolute atomic E-state index is 0.0679. The molecule has 0 unspecified atom stereocenters. The van der Waals surface area contributed by atoms with Crippen molar-refractivity contribution in [2.45, 2.75) is 6.54 Å². The van der Waals surface area contributed by atoms with E-state index in [-0.39, 0.29) is 23.9 Å². The molecule has 1 aromatic heterocycles. The zero-order valence-electron chi connectivity index (χ0n) is 12.4. The van der Waals surface area contributed by atoms with Crippen molar-refractivity contribution < 1.29 is 9.59 Å². The van der Waals surface area contributed by atoms with Crippen LogP contribution in [-0.2, 0) is 16.1 Å². The first-order valence-electron chi connectivity index (χ1n) is 7.30. The van der Waals surface area contributed by atoms with Gasteiger partial charge >= 0.3 is 0 Å². The second-order valence-corrected chi connectivity index (χ2v) is 7.15. The molecule has 0 N–H and O–H groups in total. The number of amides is 2. The Bertz CT molecular complexity index is 793. The number of benzene rings is 1. The fraction of sp³-hybridized carbons (Fsp3) is 0.400. The second kappa shape index (κ2) is 7.00. The summed E-state index contributed by atoms with van der Waals surface area (Å²) < 4.78 is 2.86. The van der Waals surface area contributed by atoms with Gasteiger partial charge in [0, 0.05) is 26.2 Å². The molecule has 0 aliphatic carbocycles. The summed E-state index contributed by atoms with van der Waals surface area (Å²) in [6.07, 6.45) is 0. The van der Waals surface area contributed by atoms with Crippen molar-refractivity contribution in [2.75, 3.05) is 30.6 Å². The van der Waals surface area contributed by atoms with Crippen molar-refractivity contribution in [3.8, 4) is 0 Å². The molecule has 8 heteroatoms. The molecule has 2 heterocycles. The number of nitrogens with zero attached hydrogens (tertiary/aromatic N) is 3. The summed E-state index contributed by atoms with van der Waals surface area (Å²) in [7, 11) is 0. The topological polar surface area (TPSA) is 62.6 Å². The van der Waals surface area contributed by atoms with Crippen LogP contribution in [0.3, 0.4) is 0 Å². The van der Waals surface area contributed by atoms with Crippen LogP contribution in [0.5, 0.6) is 0 Å². The summed E-state index contributed by atoms with van der Waals surface area (Å²) >= 11 is 3.37. The molecule has 1 fully saturated rings. The summed E-state index contributed by atoms with van der Waals surface area (Å²) in [5.74, 6) is 0.0404. The number of alkyl halides is 1. The van der Waals surface area contributed by atoms with Gasteiger partial charge in [-0.05, 0) is 12.1 Å². The van der Waals surface area contributed by atoms with E-state index >= 15 is 0 Å². The molecule has 1 aliphatic heterocycles. The Hall–Kier alpha value is -1.42. The van der Waals surface area contributed by atoms with Gasteiger partial charge in [-0.1, -0.05) is 46.3 Å². The molecule has 1 aliphatic rings. The van der Waals surface area contributed by atoms with Crippen LogP contribution in [-0.4, -0.2) is 56.2 Å². The number of rotatable bonds is 3. The zero-order chi connectivity index (χ0) is 16.4. The Labute approximate surface area is 151 Å². The monoisotopic (exact) mass is 445 g/mol. The maximum atomic E-state index is 12.4. The van der Waals surface area contributed by atoms with Gasteiger partial charge in [0.25, 0.3) is 5.56 Å². The highest BCUT2D eigenvalue weighted by Gasteiger charge is 2.24. The summed E-state index contributed by atoms with van der Waals surface area (Å²) in [6, 6.07) is 7.38. The van der Waals surface area contributed by atoms with Gasteiger partial charge < -0.3 is 9.80 Å². The van der Waals surface area contributed by atoms with Gasteiger partial charge in [0.1, 0.15) is 6.54 Å². The van der Waals surface area contributed by atoms with Gasteiger partial charge in [-0.25, -0.2) is 0 Å². The van der Waals surface area contributed by atoms with Crippen LogP contribution in [0.4, 0.5) is 0 Å². The van der Waals surface area contributed by atoms with E-state index in [0.717, 1.165) is 4.70 Å². The SMILES string of the molecule is O=C(CI)N1CCN(C(=O)Cn2sc3ccccc3c2=O)CC1. The lowest BCUT2D eigenvalue weighted by Crippen LogP contribution is -2.51. The van der Waals surface area contributed by atoms with Gasteiger partial charge in [0.2, 0.25) is 11.8 Å². The minimum atomic E-state index is -0.113. The van der Waals surface area contributed by atoms with Crippen molar-refractivity contribution in [3.05, 3.63) is 34.6 Å². The summed E-state index contributed by atoms with van der Waals surface area (Å²) in [5, 5.41) is 0.655. The number of hydrogen-bond acceptors (Lipinski definition) is 4. The Balaban J connectivity index is 1.66. The predicted octanol–water partition coefficient (Wildman–Crippen LogP) is 1.17. The van der Waals surface area contributed by atoms with Crippen molar-refractivity contribution in [2.24, 2.45) is 0 Å². The molecular weight excluding hydrogens is 429 g/mol. The third-order valence-corrected chi connectivity index (χ3v) is 5.65. The number of carbonyl (C=O) groups is 2. The molecule has 0 saturated carbocycles. The average molecular weight is 445 g/mol. The van der Waals surface area contributed by atoms with E-state index in [2.05, 4.69) is 22.6 Å². The largest absolute Gasteiger partial charge is 0.338 e. The van der Waals surface area contributed by atoms with Crippen LogP contribution in [0.1, 0.15) is 0 Å². The average Bonchev–Trinajstić information content (AvgIpc) is 2.90. The zero-order valence-corrected chi connectivity index (χ0v) is 15.4. The van der Waals surface area contributed by atoms with Gasteiger partial charge in [0.15, 0.2) is 0 Å². The van der Waals surface area contributed by atoms with Crippen molar-refractivity contribution in [1.82, 2.24) is 13.8 Å². The van der Waals surface area contributed by atoms with E-state index in [1.807, 2.05) is 18.2 Å². The second-order valence-electron chi connectivity index (χ2n) is 5.32. The molecule has 0 bridgehead atoms. The van der Waals surface area contributed by atoms with Crippen LogP contribution >= 0.6 is 34.1 Å². The van der Waals surface area contributed by atoms with E-state index in [1.165, 1.54) is 15.5 Å². The minimum Gasteiger partial charge on any atom is -0.338 e. The third-order valence-electron chi connectivity index (χ3n) is 3.93. The van der Waals surface area contributed by atoms with E-state index < -0.39 is 0 Å². The molecule has 1 aromatic carbocycles. The Morgan fingerprint density at radius 3 is 2.26 bits per heavy atom. The summed E-state index contributed by atoms with van der Waals surface area (Å²) in [4.78, 5) is 39.8. The number of carbonyl (C=O) groups excluding carboxylic acids is 2. The first-order valence-corrected chi connectivity index (χ1v) is 9.60. The van der Waals surface area contributed by atoms with Gasteiger partial charge in [-0.3, -0.25) is 18.3 Å². The van der Waals surface area contributed by atoms with Crippen LogP contribution in [0.15, 0.2) is 29.1 Å². The number of hydrogen-bond donors (Lipinski definition) is 0. The lowest BCUT2D eigenvalue weighted by molar-refractivity contribution is -0.138. The molecule has 2 amide bonds. The van der Waals surface area contributed by atoms with E-state index in [0.29, 0.717) is 36.0 Å². The van der Waals surface area contributed by atoms with Crippen LogP contribution in [0.2, 0.25) is 0 Å². The lowest BCUT2D eigenvalue weighted by Gasteiger charge is -2.34. The van der Waals surface area contributed by atoms with E-state index in [4.69, 9.17) is 0 Å². The normalized spacial score (nSPS) is 15.2. The Kier molecular flexibility index (Phi) is 5.00. The molecule has 3 rings (SSSR count). The summed E-state index contributed by atoms with van der Waals surface area (Å²) in [5.41, 5.74) is -0.113. The maximum Gasteiger partial charge on any atom is 0.268 e. The van der Waals surface area contributed by atoms with Crippen molar-refractivity contribution >= 4 is 56.0 Å². The van der Waals surface area contributed by atoms with Gasteiger partial charge in [0.05, 0.1) is 14.5 Å². The van der Waals surface area contributed by atoms with Gasteiger partial charge in [-0.15, -0.1) is 0 Å². The molecule has 2 aromatic rings. The first kappa shape index (κ1) is 16.4. The standard InChI is InChI=1S/C15H16IN3O3S/c16-9-13(20)17-5-7-18(8-6-17)14(21)10-19-15(22)11-3-1-2-4-12(11)23-19/h1-4H,5-10H2. The van der Waals surface area contributed by atoms with Crippen molar-refractivity contribution in [1.29, 1.82) is 0 Å². The Morgan fingerprint density at radius 2 is 1.65 bits per heavy atom. The number of halogens is 1. The quantitative estimate of drug-likeness (QED) is 0.527. The molecule has 0 radical (unpaired) electrons. The van der Waals surface area contributed by atoms with Crippen LogP contribution in [0, 0.1) is 0 Å². The molecule has 23 heavy (non-hydrogen) atoms. The smallest absolute Gasteiger partial charge is 0.268 e. The fourth-order valence-electron chi connectivity index (χ4n) is 2.63. The van der Waals surface area contributed by atoms with Gasteiger partial charge in [-0.2, -0.15) is 0 Å². The molecular formula is C15H16IN3O3S. The highest BCUT2D eigenvalue weighted by atomic mass is 127. The molecule has 1 saturated heterocycles. The molecule has 0 spiro atoms. The molecule has 6 nitrogen and oxygen atoms in total. The van der Waals surface area contributed by atoms with Crippen molar-refractivity contribution in [3.63, 3.8) is 0 Å². The predicted molar refractivity (Wildman–Crippen MR) is 98.1 cm³/mol. The first-order chi connectivity index (χ1) is 11.1. The summed E-state index contributed by atoms with van der Waals surface area (Å²) in [6.45, 7) is 2.25. The van der Waals surface area contributed by atoms with Crippen LogP contribution in [0.25, 0.3) is 10.1 Å². The number of aromatic nitrogens is 1.